The van der Waals surface area contributed by atoms with Crippen LogP contribution in [0.15, 0.2) is 48.7 Å². The molecule has 1 saturated carbocycles. The molecule has 0 spiro atoms. The molecular formula is C15H15N3O2. The average Bonchev–Trinajstić information content (AvgIpc) is 3.27. The van der Waals surface area contributed by atoms with Crippen molar-refractivity contribution in [2.45, 2.75) is 18.3 Å². The first-order valence-corrected chi connectivity index (χ1v) is 6.60. The maximum Gasteiger partial charge on any atom is 0.311 e. The molecule has 1 aliphatic carbocycles. The summed E-state index contributed by atoms with van der Waals surface area (Å²) in [5.41, 5.74) is 1.41. The Labute approximate surface area is 116 Å². The van der Waals surface area contributed by atoms with Gasteiger partial charge in [0.2, 0.25) is 5.82 Å². The zero-order valence-corrected chi connectivity index (χ0v) is 11.0. The molecule has 3 rings (SSSR count). The summed E-state index contributed by atoms with van der Waals surface area (Å²) < 4.78 is 0. The highest BCUT2D eigenvalue weighted by molar-refractivity contribution is 5.55. The Morgan fingerprint density at radius 1 is 1.20 bits per heavy atom. The Hall–Kier alpha value is -2.43. The first-order valence-electron chi connectivity index (χ1n) is 6.60. The van der Waals surface area contributed by atoms with E-state index in [0.29, 0.717) is 12.4 Å². The number of aromatic nitrogens is 1. The van der Waals surface area contributed by atoms with E-state index in [1.807, 2.05) is 18.2 Å². The number of nitro groups is 1. The fourth-order valence-electron chi connectivity index (χ4n) is 2.44. The Kier molecular flexibility index (Phi) is 3.10. The highest BCUT2D eigenvalue weighted by atomic mass is 16.6. The lowest BCUT2D eigenvalue weighted by Gasteiger charge is -2.16. The SMILES string of the molecule is O=[N+]([O-])c1cccnc1NCC1(c2ccccc2)CC1. The van der Waals surface area contributed by atoms with E-state index < -0.39 is 4.92 Å². The summed E-state index contributed by atoms with van der Waals surface area (Å²) in [5, 5.41) is 14.1. The molecule has 0 atom stereocenters. The maximum absolute atomic E-state index is 11.0. The van der Waals surface area contributed by atoms with Crippen LogP contribution in [0.4, 0.5) is 11.5 Å². The fourth-order valence-corrected chi connectivity index (χ4v) is 2.44. The Balaban J connectivity index is 1.76. The second-order valence-corrected chi connectivity index (χ2v) is 5.13. The zero-order valence-electron chi connectivity index (χ0n) is 11.0. The number of anilines is 1. The van der Waals surface area contributed by atoms with Crippen molar-refractivity contribution in [3.8, 4) is 0 Å². The molecule has 1 aliphatic rings. The van der Waals surface area contributed by atoms with Crippen LogP contribution in [0.3, 0.4) is 0 Å². The van der Waals surface area contributed by atoms with Crippen molar-refractivity contribution in [3.63, 3.8) is 0 Å². The van der Waals surface area contributed by atoms with E-state index in [2.05, 4.69) is 22.4 Å². The van der Waals surface area contributed by atoms with Crippen LogP contribution in [0.25, 0.3) is 0 Å². The summed E-state index contributed by atoms with van der Waals surface area (Å²) in [6.45, 7) is 0.675. The molecule has 0 saturated heterocycles. The first kappa shape index (κ1) is 12.6. The highest BCUT2D eigenvalue weighted by Crippen LogP contribution is 2.48. The van der Waals surface area contributed by atoms with Crippen molar-refractivity contribution >= 4 is 11.5 Å². The molecule has 1 N–H and O–H groups in total. The maximum atomic E-state index is 11.0. The molecule has 1 fully saturated rings. The lowest BCUT2D eigenvalue weighted by Crippen LogP contribution is -2.20. The second-order valence-electron chi connectivity index (χ2n) is 5.13. The molecule has 2 aromatic rings. The van der Waals surface area contributed by atoms with Crippen molar-refractivity contribution in [2.75, 3.05) is 11.9 Å². The molecule has 0 aliphatic heterocycles. The summed E-state index contributed by atoms with van der Waals surface area (Å²) in [5.74, 6) is 0.347. The van der Waals surface area contributed by atoms with Crippen molar-refractivity contribution in [2.24, 2.45) is 0 Å². The zero-order chi connectivity index (χ0) is 14.0. The van der Waals surface area contributed by atoms with Crippen LogP contribution in [0.5, 0.6) is 0 Å². The van der Waals surface area contributed by atoms with Gasteiger partial charge in [-0.3, -0.25) is 10.1 Å². The van der Waals surface area contributed by atoms with E-state index in [-0.39, 0.29) is 11.1 Å². The number of nitrogens with one attached hydrogen (secondary N) is 1. The number of pyridine rings is 1. The van der Waals surface area contributed by atoms with E-state index in [1.165, 1.54) is 11.6 Å². The van der Waals surface area contributed by atoms with Crippen LogP contribution in [0.1, 0.15) is 18.4 Å². The average molecular weight is 269 g/mol. The summed E-state index contributed by atoms with van der Waals surface area (Å²) in [7, 11) is 0. The molecule has 0 amide bonds. The van der Waals surface area contributed by atoms with Crippen LogP contribution >= 0.6 is 0 Å². The van der Waals surface area contributed by atoms with E-state index >= 15 is 0 Å². The van der Waals surface area contributed by atoms with Gasteiger partial charge in [0.05, 0.1) is 4.92 Å². The minimum atomic E-state index is -0.405. The lowest BCUT2D eigenvalue weighted by atomic mass is 9.96. The monoisotopic (exact) mass is 269 g/mol. The van der Waals surface area contributed by atoms with Crippen LogP contribution in [-0.4, -0.2) is 16.5 Å². The molecule has 0 radical (unpaired) electrons. The third-order valence-electron chi connectivity index (χ3n) is 3.82. The van der Waals surface area contributed by atoms with Crippen LogP contribution < -0.4 is 5.32 Å². The van der Waals surface area contributed by atoms with E-state index in [9.17, 15) is 10.1 Å². The van der Waals surface area contributed by atoms with Gasteiger partial charge in [0.25, 0.3) is 0 Å². The Morgan fingerprint density at radius 2 is 1.95 bits per heavy atom. The molecule has 102 valence electrons. The van der Waals surface area contributed by atoms with Crippen LogP contribution in [-0.2, 0) is 5.41 Å². The molecule has 1 aromatic carbocycles. The molecule has 1 aromatic heterocycles. The van der Waals surface area contributed by atoms with Gasteiger partial charge in [-0.15, -0.1) is 0 Å². The van der Waals surface area contributed by atoms with Gasteiger partial charge in [-0.05, 0) is 24.5 Å². The summed E-state index contributed by atoms with van der Waals surface area (Å²) >= 11 is 0. The molecule has 5 nitrogen and oxygen atoms in total. The smallest absolute Gasteiger partial charge is 0.311 e. The van der Waals surface area contributed by atoms with Gasteiger partial charge < -0.3 is 5.32 Å². The minimum Gasteiger partial charge on any atom is -0.363 e. The second kappa shape index (κ2) is 4.92. The van der Waals surface area contributed by atoms with Gasteiger partial charge in [0.1, 0.15) is 0 Å². The van der Waals surface area contributed by atoms with Crippen LogP contribution in [0.2, 0.25) is 0 Å². The van der Waals surface area contributed by atoms with E-state index in [0.717, 1.165) is 12.8 Å². The van der Waals surface area contributed by atoms with Gasteiger partial charge in [-0.25, -0.2) is 4.98 Å². The van der Waals surface area contributed by atoms with Gasteiger partial charge >= 0.3 is 5.69 Å². The summed E-state index contributed by atoms with van der Waals surface area (Å²) in [4.78, 5) is 14.6. The standard InChI is InChI=1S/C15H15N3O2/c19-18(20)13-7-4-10-16-14(13)17-11-15(8-9-15)12-5-2-1-3-6-12/h1-7,10H,8-9,11H2,(H,16,17). The highest BCUT2D eigenvalue weighted by Gasteiger charge is 2.44. The number of benzene rings is 1. The largest absolute Gasteiger partial charge is 0.363 e. The minimum absolute atomic E-state index is 0.0244. The van der Waals surface area contributed by atoms with Crippen molar-refractivity contribution in [1.29, 1.82) is 0 Å². The van der Waals surface area contributed by atoms with Gasteiger partial charge in [-0.1, -0.05) is 30.3 Å². The van der Waals surface area contributed by atoms with Crippen LogP contribution in [0, 0.1) is 10.1 Å². The van der Waals surface area contributed by atoms with Crippen molar-refractivity contribution in [1.82, 2.24) is 4.98 Å². The number of hydrogen-bond donors (Lipinski definition) is 1. The van der Waals surface area contributed by atoms with Crippen molar-refractivity contribution < 1.29 is 4.92 Å². The predicted molar refractivity (Wildman–Crippen MR) is 76.7 cm³/mol. The molecule has 5 heteroatoms. The summed E-state index contributed by atoms with van der Waals surface area (Å²) in [6, 6.07) is 13.3. The molecule has 1 heterocycles. The normalized spacial score (nSPS) is 15.6. The topological polar surface area (TPSA) is 68.1 Å². The van der Waals surface area contributed by atoms with Crippen molar-refractivity contribution in [3.05, 3.63) is 64.3 Å². The molecule has 0 unspecified atom stereocenters. The predicted octanol–water partition coefficient (Wildman–Crippen LogP) is 3.13. The van der Waals surface area contributed by atoms with Gasteiger partial charge in [0.15, 0.2) is 0 Å². The number of rotatable bonds is 5. The first-order chi connectivity index (χ1) is 9.71. The molecular weight excluding hydrogens is 254 g/mol. The third kappa shape index (κ3) is 2.34. The van der Waals surface area contributed by atoms with E-state index in [1.54, 1.807) is 12.3 Å². The molecule has 0 bridgehead atoms. The quantitative estimate of drug-likeness (QED) is 0.668. The Morgan fingerprint density at radius 3 is 2.60 bits per heavy atom. The lowest BCUT2D eigenvalue weighted by molar-refractivity contribution is -0.384. The number of nitrogens with zero attached hydrogens (tertiary/aromatic N) is 2. The number of hydrogen-bond acceptors (Lipinski definition) is 4. The third-order valence-corrected chi connectivity index (χ3v) is 3.82. The summed E-state index contributed by atoms with van der Waals surface area (Å²) in [6.07, 6.45) is 3.77. The van der Waals surface area contributed by atoms with Gasteiger partial charge in [0, 0.05) is 24.2 Å². The molecule has 20 heavy (non-hydrogen) atoms. The van der Waals surface area contributed by atoms with E-state index in [4.69, 9.17) is 0 Å². The van der Waals surface area contributed by atoms with Gasteiger partial charge in [-0.2, -0.15) is 0 Å². The fraction of sp³-hybridized carbons (Fsp3) is 0.267. The Bertz CT molecular complexity index is 624.